The van der Waals surface area contributed by atoms with Crippen molar-refractivity contribution in [1.29, 1.82) is 0 Å². The highest BCUT2D eigenvalue weighted by Crippen LogP contribution is 2.24. The van der Waals surface area contributed by atoms with Crippen LogP contribution >= 0.6 is 23.1 Å². The van der Waals surface area contributed by atoms with Gasteiger partial charge in [-0.2, -0.15) is 11.8 Å². The highest BCUT2D eigenvalue weighted by molar-refractivity contribution is 7.99. The molecule has 4 nitrogen and oxygen atoms in total. The summed E-state index contributed by atoms with van der Waals surface area (Å²) in [7, 11) is -3.33. The fourth-order valence-corrected chi connectivity index (χ4v) is 5.76. The number of hydrogen-bond donors (Lipinski definition) is 2. The third-order valence-corrected chi connectivity index (χ3v) is 7.14. The Morgan fingerprint density at radius 1 is 1.42 bits per heavy atom. The van der Waals surface area contributed by atoms with Crippen LogP contribution in [0.1, 0.15) is 24.6 Å². The van der Waals surface area contributed by atoms with Crippen molar-refractivity contribution in [2.45, 2.75) is 36.6 Å². The van der Waals surface area contributed by atoms with E-state index in [9.17, 15) is 8.42 Å². The van der Waals surface area contributed by atoms with Gasteiger partial charge in [-0.3, -0.25) is 0 Å². The van der Waals surface area contributed by atoms with E-state index in [2.05, 4.69) is 17.0 Å². The summed E-state index contributed by atoms with van der Waals surface area (Å²) in [6, 6.07) is 3.70. The van der Waals surface area contributed by atoms with Gasteiger partial charge in [0.2, 0.25) is 10.0 Å². The molecule has 1 aromatic heterocycles. The predicted molar refractivity (Wildman–Crippen MR) is 82.4 cm³/mol. The van der Waals surface area contributed by atoms with Gasteiger partial charge in [0.15, 0.2) is 0 Å². The van der Waals surface area contributed by atoms with Crippen molar-refractivity contribution in [3.63, 3.8) is 0 Å². The molecular formula is C12H20N2O2S3. The van der Waals surface area contributed by atoms with Gasteiger partial charge >= 0.3 is 0 Å². The fourth-order valence-electron chi connectivity index (χ4n) is 1.89. The van der Waals surface area contributed by atoms with E-state index in [1.54, 1.807) is 17.8 Å². The Kier molecular flexibility index (Phi) is 5.70. The van der Waals surface area contributed by atoms with Gasteiger partial charge in [0, 0.05) is 23.2 Å². The molecule has 1 aromatic rings. The van der Waals surface area contributed by atoms with Gasteiger partial charge in [0.1, 0.15) is 4.21 Å². The fraction of sp³-hybridized carbons (Fsp3) is 0.667. The third kappa shape index (κ3) is 4.46. The van der Waals surface area contributed by atoms with Crippen LogP contribution in [0.4, 0.5) is 0 Å². The number of thioether (sulfide) groups is 1. The Morgan fingerprint density at radius 3 is 2.95 bits per heavy atom. The van der Waals surface area contributed by atoms with Crippen LogP contribution in [0.3, 0.4) is 0 Å². The molecular weight excluding hydrogens is 300 g/mol. The Balaban J connectivity index is 1.95. The van der Waals surface area contributed by atoms with Crippen LogP contribution in [0.5, 0.6) is 0 Å². The lowest BCUT2D eigenvalue weighted by Gasteiger charge is -2.10. The van der Waals surface area contributed by atoms with Gasteiger partial charge in [0.05, 0.1) is 0 Å². The van der Waals surface area contributed by atoms with Crippen molar-refractivity contribution in [3.05, 3.63) is 17.0 Å². The molecule has 0 saturated carbocycles. The first-order chi connectivity index (χ1) is 9.12. The average molecular weight is 321 g/mol. The first kappa shape index (κ1) is 15.3. The number of rotatable bonds is 7. The topological polar surface area (TPSA) is 58.2 Å². The van der Waals surface area contributed by atoms with E-state index in [1.807, 2.05) is 6.07 Å². The van der Waals surface area contributed by atoms with Crippen LogP contribution in [0.25, 0.3) is 0 Å². The SMILES string of the molecule is CCCNCc1ccc(S(=O)(=O)NC2CCSC2)s1. The predicted octanol–water partition coefficient (Wildman–Crippen LogP) is 2.03. The molecule has 1 unspecified atom stereocenters. The smallest absolute Gasteiger partial charge is 0.250 e. The Bertz CT molecular complexity index is 493. The summed E-state index contributed by atoms with van der Waals surface area (Å²) in [6.45, 7) is 3.81. The highest BCUT2D eigenvalue weighted by atomic mass is 32.2. The minimum absolute atomic E-state index is 0.0961. The van der Waals surface area contributed by atoms with Gasteiger partial charge in [-0.15, -0.1) is 11.3 Å². The second-order valence-corrected chi connectivity index (χ2v) is 8.84. The van der Waals surface area contributed by atoms with Crippen LogP contribution in [0, 0.1) is 0 Å². The first-order valence-corrected chi connectivity index (χ1v) is 9.97. The molecule has 0 bridgehead atoms. The summed E-state index contributed by atoms with van der Waals surface area (Å²) in [5.41, 5.74) is 0. The van der Waals surface area contributed by atoms with Crippen LogP contribution < -0.4 is 10.0 Å². The molecule has 1 aliphatic heterocycles. The summed E-state index contributed by atoms with van der Waals surface area (Å²) in [5, 5.41) is 3.28. The number of hydrogen-bond acceptors (Lipinski definition) is 5. The Morgan fingerprint density at radius 2 is 2.26 bits per heavy atom. The summed E-state index contributed by atoms with van der Waals surface area (Å²) in [4.78, 5) is 1.06. The average Bonchev–Trinajstić information content (AvgIpc) is 3.00. The molecule has 0 aliphatic carbocycles. The number of thiophene rings is 1. The molecule has 7 heteroatoms. The maximum atomic E-state index is 12.2. The molecule has 0 spiro atoms. The van der Waals surface area contributed by atoms with Crippen molar-refractivity contribution in [2.24, 2.45) is 0 Å². The van der Waals surface area contributed by atoms with Crippen molar-refractivity contribution in [1.82, 2.24) is 10.0 Å². The normalized spacial score (nSPS) is 19.9. The van der Waals surface area contributed by atoms with Crippen LogP contribution in [0.15, 0.2) is 16.3 Å². The molecule has 2 heterocycles. The van der Waals surface area contributed by atoms with Gasteiger partial charge in [-0.05, 0) is 37.3 Å². The van der Waals surface area contributed by atoms with Crippen LogP contribution in [-0.2, 0) is 16.6 Å². The van der Waals surface area contributed by atoms with Gasteiger partial charge in [-0.25, -0.2) is 13.1 Å². The quantitative estimate of drug-likeness (QED) is 0.755. The molecule has 0 amide bonds. The van der Waals surface area contributed by atoms with E-state index in [4.69, 9.17) is 0 Å². The van der Waals surface area contributed by atoms with Crippen molar-refractivity contribution in [2.75, 3.05) is 18.1 Å². The summed E-state index contributed by atoms with van der Waals surface area (Å²) in [6.07, 6.45) is 2.01. The first-order valence-electron chi connectivity index (χ1n) is 6.51. The van der Waals surface area contributed by atoms with Gasteiger partial charge in [0.25, 0.3) is 0 Å². The van der Waals surface area contributed by atoms with Gasteiger partial charge < -0.3 is 5.32 Å². The minimum atomic E-state index is -3.33. The van der Waals surface area contributed by atoms with Crippen LogP contribution in [-0.4, -0.2) is 32.5 Å². The number of sulfonamides is 1. The van der Waals surface area contributed by atoms with E-state index in [0.717, 1.165) is 42.3 Å². The Labute approximate surface area is 123 Å². The monoisotopic (exact) mass is 320 g/mol. The maximum absolute atomic E-state index is 12.2. The molecule has 1 aliphatic rings. The molecule has 1 saturated heterocycles. The summed E-state index contributed by atoms with van der Waals surface area (Å²) in [5.74, 6) is 1.93. The molecule has 2 rings (SSSR count). The molecule has 1 atom stereocenters. The van der Waals surface area contributed by atoms with E-state index in [0.29, 0.717) is 4.21 Å². The van der Waals surface area contributed by atoms with E-state index >= 15 is 0 Å². The lowest BCUT2D eigenvalue weighted by atomic mass is 10.3. The van der Waals surface area contributed by atoms with E-state index in [-0.39, 0.29) is 6.04 Å². The lowest BCUT2D eigenvalue weighted by Crippen LogP contribution is -2.34. The highest BCUT2D eigenvalue weighted by Gasteiger charge is 2.24. The second-order valence-electron chi connectivity index (χ2n) is 4.58. The largest absolute Gasteiger partial charge is 0.312 e. The molecule has 19 heavy (non-hydrogen) atoms. The minimum Gasteiger partial charge on any atom is -0.312 e. The van der Waals surface area contributed by atoms with Crippen molar-refractivity contribution >= 4 is 33.1 Å². The molecule has 108 valence electrons. The molecule has 0 aromatic carbocycles. The zero-order chi connectivity index (χ0) is 13.7. The molecule has 2 N–H and O–H groups in total. The van der Waals surface area contributed by atoms with Crippen molar-refractivity contribution in [3.8, 4) is 0 Å². The molecule has 0 radical (unpaired) electrons. The van der Waals surface area contributed by atoms with E-state index < -0.39 is 10.0 Å². The zero-order valence-electron chi connectivity index (χ0n) is 11.0. The second kappa shape index (κ2) is 7.08. The van der Waals surface area contributed by atoms with Gasteiger partial charge in [-0.1, -0.05) is 6.92 Å². The Hall–Kier alpha value is -0.0800. The lowest BCUT2D eigenvalue weighted by molar-refractivity contribution is 0.565. The van der Waals surface area contributed by atoms with Crippen molar-refractivity contribution < 1.29 is 8.42 Å². The summed E-state index contributed by atoms with van der Waals surface area (Å²) < 4.78 is 27.6. The summed E-state index contributed by atoms with van der Waals surface area (Å²) >= 11 is 3.16. The standard InChI is InChI=1S/C12H20N2O2S3/c1-2-6-13-8-11-3-4-12(18-11)19(15,16)14-10-5-7-17-9-10/h3-4,10,13-14H,2,5-9H2,1H3. The van der Waals surface area contributed by atoms with E-state index in [1.165, 1.54) is 11.3 Å². The molecule has 1 fully saturated rings. The maximum Gasteiger partial charge on any atom is 0.250 e. The zero-order valence-corrected chi connectivity index (χ0v) is 13.5. The third-order valence-electron chi connectivity index (χ3n) is 2.88. The van der Waals surface area contributed by atoms with Crippen LogP contribution in [0.2, 0.25) is 0 Å². The number of nitrogens with one attached hydrogen (secondary N) is 2.